The molecule has 0 radical (unpaired) electrons. The van der Waals surface area contributed by atoms with Gasteiger partial charge in [-0.05, 0) is 17.7 Å². The molecule has 0 amide bonds. The third-order valence-electron chi connectivity index (χ3n) is 2.76. The lowest BCUT2D eigenvalue weighted by Gasteiger charge is -2.04. The Morgan fingerprint density at radius 3 is 2.63 bits per heavy atom. The highest BCUT2D eigenvalue weighted by Gasteiger charge is 2.10. The van der Waals surface area contributed by atoms with Crippen LogP contribution >= 0.6 is 39.1 Å². The van der Waals surface area contributed by atoms with E-state index in [9.17, 15) is 0 Å². The molecule has 0 N–H and O–H groups in total. The molecule has 3 rings (SSSR count). The smallest absolute Gasteiger partial charge is 0.159 e. The van der Waals surface area contributed by atoms with Crippen LogP contribution in [0.25, 0.3) is 5.65 Å². The van der Waals surface area contributed by atoms with Crippen LogP contribution < -0.4 is 0 Å². The first-order valence-corrected chi connectivity index (χ1v) is 7.11. The maximum atomic E-state index is 6.19. The zero-order valence-electron chi connectivity index (χ0n) is 9.65. The van der Waals surface area contributed by atoms with Gasteiger partial charge in [0, 0.05) is 17.0 Å². The van der Waals surface area contributed by atoms with E-state index >= 15 is 0 Å². The highest BCUT2D eigenvalue weighted by molar-refractivity contribution is 9.10. The molecule has 1 aromatic carbocycles. The first-order valence-electron chi connectivity index (χ1n) is 5.56. The molecule has 2 aromatic heterocycles. The predicted molar refractivity (Wildman–Crippen MR) is 80.0 cm³/mol. The fraction of sp³-hybridized carbons (Fsp3) is 0.0769. The molecule has 6 heteroatoms. The van der Waals surface area contributed by atoms with Gasteiger partial charge in [0.05, 0.1) is 6.20 Å². The van der Waals surface area contributed by atoms with E-state index in [-0.39, 0.29) is 0 Å². The van der Waals surface area contributed by atoms with Gasteiger partial charge < -0.3 is 0 Å². The maximum Gasteiger partial charge on any atom is 0.159 e. The molecule has 0 fully saturated rings. The second kappa shape index (κ2) is 5.12. The predicted octanol–water partition coefficient (Wildman–Crippen LogP) is 4.39. The van der Waals surface area contributed by atoms with Crippen molar-refractivity contribution in [3.8, 4) is 0 Å². The van der Waals surface area contributed by atoms with E-state index in [1.54, 1.807) is 16.7 Å². The second-order valence-electron chi connectivity index (χ2n) is 4.07. The van der Waals surface area contributed by atoms with Crippen LogP contribution in [0.2, 0.25) is 10.3 Å². The minimum atomic E-state index is 0.368. The van der Waals surface area contributed by atoms with E-state index in [0.717, 1.165) is 15.9 Å². The minimum absolute atomic E-state index is 0.368. The Morgan fingerprint density at radius 1 is 1.16 bits per heavy atom. The van der Waals surface area contributed by atoms with Gasteiger partial charge in [-0.1, -0.05) is 51.3 Å². The first kappa shape index (κ1) is 12.9. The molecule has 2 heterocycles. The highest BCUT2D eigenvalue weighted by atomic mass is 79.9. The third kappa shape index (κ3) is 2.61. The van der Waals surface area contributed by atoms with E-state index in [0.29, 0.717) is 22.4 Å². The lowest BCUT2D eigenvalue weighted by Crippen LogP contribution is -1.99. The second-order valence-corrected chi connectivity index (χ2v) is 5.76. The van der Waals surface area contributed by atoms with Crippen LogP contribution in [-0.4, -0.2) is 14.4 Å². The molecule has 0 saturated heterocycles. The largest absolute Gasteiger partial charge is 0.270 e. The van der Waals surface area contributed by atoms with Crippen molar-refractivity contribution >= 4 is 44.8 Å². The normalized spacial score (nSPS) is 11.1. The fourth-order valence-electron chi connectivity index (χ4n) is 1.91. The standard InChI is InChI=1S/C13H8BrCl2N3/c14-9-3-1-8(2-4-9)5-12-17-7-13-18-10(15)6-11(16)19(12)13/h1-4,6-7H,5H2. The van der Waals surface area contributed by atoms with Crippen LogP contribution in [0, 0.1) is 0 Å². The van der Waals surface area contributed by atoms with Gasteiger partial charge in [-0.3, -0.25) is 4.40 Å². The van der Waals surface area contributed by atoms with Gasteiger partial charge >= 0.3 is 0 Å². The number of rotatable bonds is 2. The molecule has 3 aromatic rings. The van der Waals surface area contributed by atoms with Gasteiger partial charge in [0.1, 0.15) is 16.1 Å². The molecule has 0 bridgehead atoms. The summed E-state index contributed by atoms with van der Waals surface area (Å²) in [6, 6.07) is 9.71. The summed E-state index contributed by atoms with van der Waals surface area (Å²) in [5.41, 5.74) is 1.81. The van der Waals surface area contributed by atoms with Gasteiger partial charge in [0.25, 0.3) is 0 Å². The summed E-state index contributed by atoms with van der Waals surface area (Å²) in [6.07, 6.45) is 2.36. The maximum absolute atomic E-state index is 6.19. The average Bonchev–Trinajstić information content (AvgIpc) is 2.75. The van der Waals surface area contributed by atoms with Crippen molar-refractivity contribution in [2.75, 3.05) is 0 Å². The SMILES string of the molecule is Clc1cc(Cl)n2c(Cc3ccc(Br)cc3)ncc2n1. The van der Waals surface area contributed by atoms with Crippen molar-refractivity contribution < 1.29 is 0 Å². The number of fused-ring (bicyclic) bond motifs is 1. The quantitative estimate of drug-likeness (QED) is 0.637. The van der Waals surface area contributed by atoms with Gasteiger partial charge in [-0.15, -0.1) is 0 Å². The van der Waals surface area contributed by atoms with E-state index < -0.39 is 0 Å². The highest BCUT2D eigenvalue weighted by Crippen LogP contribution is 2.20. The summed E-state index contributed by atoms with van der Waals surface area (Å²) in [5.74, 6) is 0.839. The third-order valence-corrected chi connectivity index (χ3v) is 3.77. The Bertz CT molecular complexity index is 737. The van der Waals surface area contributed by atoms with Gasteiger partial charge in [-0.25, -0.2) is 9.97 Å². The van der Waals surface area contributed by atoms with E-state index in [2.05, 4.69) is 25.9 Å². The van der Waals surface area contributed by atoms with Crippen LogP contribution in [0.4, 0.5) is 0 Å². The summed E-state index contributed by atoms with van der Waals surface area (Å²) < 4.78 is 2.85. The Labute approximate surface area is 128 Å². The Kier molecular flexibility index (Phi) is 3.48. The topological polar surface area (TPSA) is 30.2 Å². The van der Waals surface area contributed by atoms with Crippen molar-refractivity contribution in [1.29, 1.82) is 0 Å². The molecule has 96 valence electrons. The monoisotopic (exact) mass is 355 g/mol. The molecule has 0 saturated carbocycles. The van der Waals surface area contributed by atoms with Crippen molar-refractivity contribution in [3.05, 3.63) is 62.7 Å². The van der Waals surface area contributed by atoms with Crippen molar-refractivity contribution in [3.63, 3.8) is 0 Å². The van der Waals surface area contributed by atoms with E-state index in [1.807, 2.05) is 24.3 Å². The van der Waals surface area contributed by atoms with Crippen molar-refractivity contribution in [2.24, 2.45) is 0 Å². The molecule has 0 atom stereocenters. The zero-order chi connectivity index (χ0) is 13.4. The molecule has 0 unspecified atom stereocenters. The Balaban J connectivity index is 2.04. The van der Waals surface area contributed by atoms with Crippen LogP contribution in [0.5, 0.6) is 0 Å². The van der Waals surface area contributed by atoms with Gasteiger partial charge in [-0.2, -0.15) is 0 Å². The number of benzene rings is 1. The molecule has 3 nitrogen and oxygen atoms in total. The summed E-state index contributed by atoms with van der Waals surface area (Å²) in [6.45, 7) is 0. The van der Waals surface area contributed by atoms with Crippen LogP contribution in [0.1, 0.15) is 11.4 Å². The summed E-state index contributed by atoms with van der Waals surface area (Å²) in [4.78, 5) is 8.55. The number of aromatic nitrogens is 3. The fourth-order valence-corrected chi connectivity index (χ4v) is 2.70. The van der Waals surface area contributed by atoms with Crippen LogP contribution in [0.15, 0.2) is 41.0 Å². The first-order chi connectivity index (χ1) is 9.13. The molecule has 19 heavy (non-hydrogen) atoms. The number of nitrogens with zero attached hydrogens (tertiary/aromatic N) is 3. The summed E-state index contributed by atoms with van der Waals surface area (Å²) in [7, 11) is 0. The molecule has 0 aliphatic rings. The van der Waals surface area contributed by atoms with Gasteiger partial charge in [0.2, 0.25) is 0 Å². The summed E-state index contributed by atoms with van der Waals surface area (Å²) >= 11 is 15.5. The van der Waals surface area contributed by atoms with E-state index in [1.165, 1.54) is 0 Å². The molecule has 0 spiro atoms. The lowest BCUT2D eigenvalue weighted by molar-refractivity contribution is 0.951. The average molecular weight is 357 g/mol. The zero-order valence-corrected chi connectivity index (χ0v) is 12.7. The molecule has 0 aliphatic heterocycles. The number of hydrogen-bond acceptors (Lipinski definition) is 2. The van der Waals surface area contributed by atoms with Crippen molar-refractivity contribution in [2.45, 2.75) is 6.42 Å². The van der Waals surface area contributed by atoms with Crippen molar-refractivity contribution in [1.82, 2.24) is 14.4 Å². The van der Waals surface area contributed by atoms with E-state index in [4.69, 9.17) is 23.2 Å². The lowest BCUT2D eigenvalue weighted by atomic mass is 10.1. The number of imidazole rings is 1. The van der Waals surface area contributed by atoms with Crippen LogP contribution in [-0.2, 0) is 6.42 Å². The minimum Gasteiger partial charge on any atom is -0.270 e. The van der Waals surface area contributed by atoms with Gasteiger partial charge in [0.15, 0.2) is 5.65 Å². The summed E-state index contributed by atoms with van der Waals surface area (Å²) in [5, 5.41) is 0.882. The Morgan fingerprint density at radius 2 is 1.89 bits per heavy atom. The number of halogens is 3. The van der Waals surface area contributed by atoms with Crippen LogP contribution in [0.3, 0.4) is 0 Å². The molecule has 0 aliphatic carbocycles. The molecular weight excluding hydrogens is 349 g/mol. The number of hydrogen-bond donors (Lipinski definition) is 0. The molecular formula is C13H8BrCl2N3. The Hall–Kier alpha value is -1.10.